The summed E-state index contributed by atoms with van der Waals surface area (Å²) in [7, 11) is 0. The first-order valence-corrected chi connectivity index (χ1v) is 10.7. The van der Waals surface area contributed by atoms with Gasteiger partial charge in [0.1, 0.15) is 6.10 Å². The molecule has 0 radical (unpaired) electrons. The molecular weight excluding hydrogens is 328 g/mol. The van der Waals surface area contributed by atoms with E-state index in [1.165, 1.54) is 26.2 Å². The number of ether oxygens (including phenoxy) is 1. The van der Waals surface area contributed by atoms with Gasteiger partial charge in [0.15, 0.2) is 0 Å². The minimum absolute atomic E-state index is 0.00510. The standard InChI is InChI=1S/C22H34O4/c1-13(23)26-15-8-10-21(2)14(12-15)4-5-16-17-6-7-19(20(24)25)22(17,3)11-9-18(16)21/h14-19H,4-12H2,1-3H3,(H,24,25)/t14-,15+,16+,17+,18+,19-,21-,22-/m0/s1. The van der Waals surface area contributed by atoms with Gasteiger partial charge in [0.2, 0.25) is 0 Å². The van der Waals surface area contributed by atoms with Gasteiger partial charge in [-0.1, -0.05) is 13.8 Å². The lowest BCUT2D eigenvalue weighted by Crippen LogP contribution is -2.54. The van der Waals surface area contributed by atoms with Gasteiger partial charge in [-0.2, -0.15) is 0 Å². The zero-order chi connectivity index (χ0) is 18.7. The maximum Gasteiger partial charge on any atom is 0.307 e. The van der Waals surface area contributed by atoms with E-state index in [9.17, 15) is 14.7 Å². The molecule has 4 nitrogen and oxygen atoms in total. The van der Waals surface area contributed by atoms with Gasteiger partial charge >= 0.3 is 11.9 Å². The Balaban J connectivity index is 1.54. The van der Waals surface area contributed by atoms with Crippen molar-refractivity contribution in [2.45, 2.75) is 84.7 Å². The molecule has 0 aromatic rings. The number of carboxylic acid groups (broad SMARTS) is 1. The molecule has 4 saturated carbocycles. The third-order valence-electron chi connectivity index (χ3n) is 9.25. The highest BCUT2D eigenvalue weighted by atomic mass is 16.5. The van der Waals surface area contributed by atoms with Crippen LogP contribution in [0.15, 0.2) is 0 Å². The normalized spacial score (nSPS) is 50.3. The van der Waals surface area contributed by atoms with E-state index in [4.69, 9.17) is 4.74 Å². The molecule has 0 saturated heterocycles. The number of carbonyl (C=O) groups excluding carboxylic acids is 1. The Kier molecular flexibility index (Phi) is 4.39. The first kappa shape index (κ1) is 18.3. The number of rotatable bonds is 2. The summed E-state index contributed by atoms with van der Waals surface area (Å²) in [4.78, 5) is 23.2. The number of carboxylic acids is 1. The highest BCUT2D eigenvalue weighted by molar-refractivity contribution is 5.71. The second-order valence-electron chi connectivity index (χ2n) is 10.2. The van der Waals surface area contributed by atoms with E-state index in [0.29, 0.717) is 23.2 Å². The number of hydrogen-bond donors (Lipinski definition) is 1. The van der Waals surface area contributed by atoms with Gasteiger partial charge in [-0.15, -0.1) is 0 Å². The fraction of sp³-hybridized carbons (Fsp3) is 0.909. The number of esters is 1. The molecule has 4 fully saturated rings. The van der Waals surface area contributed by atoms with Crippen molar-refractivity contribution in [2.24, 2.45) is 40.4 Å². The minimum atomic E-state index is -0.574. The van der Waals surface area contributed by atoms with Crippen LogP contribution in [0.4, 0.5) is 0 Å². The summed E-state index contributed by atoms with van der Waals surface area (Å²) in [6.45, 7) is 6.28. The highest BCUT2D eigenvalue weighted by Gasteiger charge is 2.61. The lowest BCUT2D eigenvalue weighted by molar-refractivity contribution is -0.163. The summed E-state index contributed by atoms with van der Waals surface area (Å²) < 4.78 is 5.54. The van der Waals surface area contributed by atoms with E-state index in [0.717, 1.165) is 44.4 Å². The SMILES string of the molecule is CC(=O)O[C@@H]1CC[C@@]2(C)[C@@H](CC[C@H]3[C@H]2CC[C@@]2(C)[C@@H]3CC[C@H]2C(=O)O)C1. The maximum atomic E-state index is 11.8. The Labute approximate surface area is 157 Å². The highest BCUT2D eigenvalue weighted by Crippen LogP contribution is 2.67. The van der Waals surface area contributed by atoms with Gasteiger partial charge in [-0.25, -0.2) is 0 Å². The predicted octanol–water partition coefficient (Wildman–Crippen LogP) is 4.66. The molecule has 4 rings (SSSR count). The predicted molar refractivity (Wildman–Crippen MR) is 98.4 cm³/mol. The Hall–Kier alpha value is -1.06. The van der Waals surface area contributed by atoms with Crippen molar-refractivity contribution in [3.63, 3.8) is 0 Å². The largest absolute Gasteiger partial charge is 0.481 e. The van der Waals surface area contributed by atoms with Gasteiger partial charge in [0.05, 0.1) is 5.92 Å². The smallest absolute Gasteiger partial charge is 0.307 e. The zero-order valence-corrected chi connectivity index (χ0v) is 16.5. The molecular formula is C22H34O4. The fourth-order valence-electron chi connectivity index (χ4n) is 7.97. The van der Waals surface area contributed by atoms with Gasteiger partial charge in [0, 0.05) is 6.92 Å². The lowest BCUT2D eigenvalue weighted by atomic mass is 9.44. The van der Waals surface area contributed by atoms with E-state index in [2.05, 4.69) is 13.8 Å². The van der Waals surface area contributed by atoms with Crippen LogP contribution in [0.1, 0.15) is 78.6 Å². The summed E-state index contributed by atoms with van der Waals surface area (Å²) in [5.41, 5.74) is 0.355. The summed E-state index contributed by atoms with van der Waals surface area (Å²) >= 11 is 0. The second kappa shape index (κ2) is 6.24. The van der Waals surface area contributed by atoms with Crippen LogP contribution in [-0.4, -0.2) is 23.1 Å². The molecule has 0 bridgehead atoms. The average molecular weight is 363 g/mol. The Morgan fingerprint density at radius 3 is 2.31 bits per heavy atom. The van der Waals surface area contributed by atoms with E-state index in [1.54, 1.807) is 0 Å². The van der Waals surface area contributed by atoms with Gasteiger partial charge in [0.25, 0.3) is 0 Å². The molecule has 4 aliphatic rings. The van der Waals surface area contributed by atoms with Crippen molar-refractivity contribution in [1.82, 2.24) is 0 Å². The molecule has 0 heterocycles. The third-order valence-corrected chi connectivity index (χ3v) is 9.25. The molecule has 0 spiro atoms. The number of carbonyl (C=O) groups is 2. The van der Waals surface area contributed by atoms with Crippen LogP contribution in [0.2, 0.25) is 0 Å². The van der Waals surface area contributed by atoms with Gasteiger partial charge in [-0.3, -0.25) is 9.59 Å². The van der Waals surface area contributed by atoms with E-state index < -0.39 is 5.97 Å². The van der Waals surface area contributed by atoms with Crippen molar-refractivity contribution in [3.05, 3.63) is 0 Å². The van der Waals surface area contributed by atoms with Crippen LogP contribution in [-0.2, 0) is 14.3 Å². The van der Waals surface area contributed by atoms with E-state index >= 15 is 0 Å². The number of fused-ring (bicyclic) bond motifs is 5. The number of aliphatic carboxylic acids is 1. The second-order valence-corrected chi connectivity index (χ2v) is 10.2. The fourth-order valence-corrected chi connectivity index (χ4v) is 7.97. The Bertz CT molecular complexity index is 601. The van der Waals surface area contributed by atoms with Crippen molar-refractivity contribution in [1.29, 1.82) is 0 Å². The molecule has 26 heavy (non-hydrogen) atoms. The monoisotopic (exact) mass is 362 g/mol. The molecule has 0 unspecified atom stereocenters. The van der Waals surface area contributed by atoms with Crippen molar-refractivity contribution in [3.8, 4) is 0 Å². The molecule has 0 aliphatic heterocycles. The summed E-state index contributed by atoms with van der Waals surface area (Å²) in [5.74, 6) is 1.81. The Morgan fingerprint density at radius 1 is 0.923 bits per heavy atom. The van der Waals surface area contributed by atoms with Gasteiger partial charge in [-0.05, 0) is 92.3 Å². The van der Waals surface area contributed by atoms with Crippen LogP contribution in [0.3, 0.4) is 0 Å². The summed E-state index contributed by atoms with van der Waals surface area (Å²) in [6, 6.07) is 0. The summed E-state index contributed by atoms with van der Waals surface area (Å²) in [5, 5.41) is 9.71. The number of hydrogen-bond acceptors (Lipinski definition) is 3. The molecule has 0 amide bonds. The average Bonchev–Trinajstić information content (AvgIpc) is 2.92. The molecule has 8 atom stereocenters. The molecule has 4 aliphatic carbocycles. The van der Waals surface area contributed by atoms with Gasteiger partial charge < -0.3 is 9.84 Å². The van der Waals surface area contributed by atoms with Crippen LogP contribution in [0.25, 0.3) is 0 Å². The molecule has 4 heteroatoms. The van der Waals surface area contributed by atoms with Crippen LogP contribution in [0.5, 0.6) is 0 Å². The zero-order valence-electron chi connectivity index (χ0n) is 16.5. The topological polar surface area (TPSA) is 63.6 Å². The van der Waals surface area contributed by atoms with Crippen molar-refractivity contribution >= 4 is 11.9 Å². The Morgan fingerprint density at radius 2 is 1.62 bits per heavy atom. The first-order valence-electron chi connectivity index (χ1n) is 10.7. The molecule has 1 N–H and O–H groups in total. The summed E-state index contributed by atoms with van der Waals surface area (Å²) in [6.07, 6.45) is 9.98. The van der Waals surface area contributed by atoms with Crippen molar-refractivity contribution < 1.29 is 19.4 Å². The molecule has 0 aromatic heterocycles. The van der Waals surface area contributed by atoms with Crippen molar-refractivity contribution in [2.75, 3.05) is 0 Å². The maximum absolute atomic E-state index is 11.8. The third kappa shape index (κ3) is 2.62. The van der Waals surface area contributed by atoms with E-state index in [1.807, 2.05) is 0 Å². The molecule has 146 valence electrons. The van der Waals surface area contributed by atoms with E-state index in [-0.39, 0.29) is 23.4 Å². The lowest BCUT2D eigenvalue weighted by Gasteiger charge is -2.60. The van der Waals surface area contributed by atoms with Crippen LogP contribution in [0, 0.1) is 40.4 Å². The van der Waals surface area contributed by atoms with Crippen LogP contribution < -0.4 is 0 Å². The van der Waals surface area contributed by atoms with Crippen LogP contribution >= 0.6 is 0 Å². The molecule has 0 aromatic carbocycles. The minimum Gasteiger partial charge on any atom is -0.481 e. The quantitative estimate of drug-likeness (QED) is 0.726. The first-order chi connectivity index (χ1) is 12.3.